The predicted octanol–water partition coefficient (Wildman–Crippen LogP) is 2.95. The van der Waals surface area contributed by atoms with Gasteiger partial charge in [0, 0.05) is 13.2 Å². The molecule has 0 radical (unpaired) electrons. The molecule has 0 atom stereocenters. The van der Waals surface area contributed by atoms with Crippen LogP contribution in [0.25, 0.3) is 0 Å². The van der Waals surface area contributed by atoms with Gasteiger partial charge in [-0.1, -0.05) is 6.92 Å². The number of hydrogen-bond donors (Lipinski definition) is 1. The number of nitrogens with zero attached hydrogens (tertiary/aromatic N) is 2. The van der Waals surface area contributed by atoms with Gasteiger partial charge >= 0.3 is 6.18 Å². The number of anilines is 1. The number of carbonyl (C=O) groups excluding carboxylic acids is 1. The number of rotatable bonds is 8. The van der Waals surface area contributed by atoms with Gasteiger partial charge in [0.2, 0.25) is 0 Å². The highest BCUT2D eigenvalue weighted by Gasteiger charge is 2.31. The summed E-state index contributed by atoms with van der Waals surface area (Å²) >= 11 is 0. The van der Waals surface area contributed by atoms with Crippen LogP contribution < -0.4 is 15.6 Å². The molecular formula is C18H20F3N3O4. The highest BCUT2D eigenvalue weighted by atomic mass is 19.4. The Labute approximate surface area is 159 Å². The molecule has 0 aliphatic heterocycles. The van der Waals surface area contributed by atoms with Crippen LogP contribution in [0.3, 0.4) is 0 Å². The first-order chi connectivity index (χ1) is 13.3. The normalized spacial score (nSPS) is 11.3. The lowest BCUT2D eigenvalue weighted by molar-refractivity contribution is -0.137. The van der Waals surface area contributed by atoms with E-state index in [-0.39, 0.29) is 36.9 Å². The van der Waals surface area contributed by atoms with E-state index >= 15 is 0 Å². The number of aromatic nitrogens is 2. The van der Waals surface area contributed by atoms with Crippen LogP contribution in [0, 0.1) is 0 Å². The first-order valence-corrected chi connectivity index (χ1v) is 8.48. The molecule has 0 saturated heterocycles. The predicted molar refractivity (Wildman–Crippen MR) is 95.6 cm³/mol. The molecule has 2 rings (SSSR count). The molecule has 10 heteroatoms. The van der Waals surface area contributed by atoms with Gasteiger partial charge in [-0.3, -0.25) is 9.59 Å². The standard InChI is InChI=1S/C18H20F3N3O4/c1-3-9-28-15-6-4-12(18(19,20)21)11-14(15)22-17(26)13-5-7-16(25)24(23-13)8-10-27-2/h4-7,11H,3,8-10H2,1-2H3,(H,22,26). The maximum Gasteiger partial charge on any atom is 0.416 e. The molecule has 1 aromatic carbocycles. The lowest BCUT2D eigenvalue weighted by atomic mass is 10.1. The SMILES string of the molecule is CCCOc1ccc(C(F)(F)F)cc1NC(=O)c1ccc(=O)n(CCOC)n1. The van der Waals surface area contributed by atoms with Gasteiger partial charge in [0.1, 0.15) is 11.4 Å². The Morgan fingerprint density at radius 3 is 2.61 bits per heavy atom. The van der Waals surface area contributed by atoms with Crippen molar-refractivity contribution >= 4 is 11.6 Å². The minimum atomic E-state index is -4.58. The highest BCUT2D eigenvalue weighted by molar-refractivity contribution is 6.03. The van der Waals surface area contributed by atoms with E-state index in [1.165, 1.54) is 13.2 Å². The Kier molecular flexibility index (Phi) is 7.16. The first-order valence-electron chi connectivity index (χ1n) is 8.48. The Balaban J connectivity index is 2.32. The fourth-order valence-corrected chi connectivity index (χ4v) is 2.24. The Hall–Kier alpha value is -2.88. The molecule has 0 fully saturated rings. The summed E-state index contributed by atoms with van der Waals surface area (Å²) in [5.74, 6) is -0.664. The zero-order valence-electron chi connectivity index (χ0n) is 15.4. The molecular weight excluding hydrogens is 379 g/mol. The maximum atomic E-state index is 13.0. The molecule has 0 unspecified atom stereocenters. The molecule has 2 aromatic rings. The number of benzene rings is 1. The summed E-state index contributed by atoms with van der Waals surface area (Å²) in [7, 11) is 1.45. The lowest BCUT2D eigenvalue weighted by Gasteiger charge is -2.15. The summed E-state index contributed by atoms with van der Waals surface area (Å²) in [5.41, 5.74) is -1.62. The third-order valence-corrected chi connectivity index (χ3v) is 3.62. The molecule has 7 nitrogen and oxygen atoms in total. The van der Waals surface area contributed by atoms with Crippen molar-refractivity contribution in [2.75, 3.05) is 25.6 Å². The van der Waals surface area contributed by atoms with Gasteiger partial charge in [-0.25, -0.2) is 4.68 Å². The Bertz CT molecular complexity index is 881. The second kappa shape index (κ2) is 9.36. The average Bonchev–Trinajstić information content (AvgIpc) is 2.65. The smallest absolute Gasteiger partial charge is 0.416 e. The summed E-state index contributed by atoms with van der Waals surface area (Å²) in [6, 6.07) is 5.17. The zero-order chi connectivity index (χ0) is 20.7. The summed E-state index contributed by atoms with van der Waals surface area (Å²) < 4.78 is 50.4. The van der Waals surface area contributed by atoms with Crippen molar-refractivity contribution in [3.05, 3.63) is 51.9 Å². The molecule has 28 heavy (non-hydrogen) atoms. The molecule has 1 heterocycles. The van der Waals surface area contributed by atoms with Crippen molar-refractivity contribution in [2.24, 2.45) is 0 Å². The van der Waals surface area contributed by atoms with Crippen molar-refractivity contribution in [2.45, 2.75) is 26.1 Å². The van der Waals surface area contributed by atoms with E-state index in [9.17, 15) is 22.8 Å². The van der Waals surface area contributed by atoms with Crippen molar-refractivity contribution in [1.82, 2.24) is 9.78 Å². The molecule has 0 aliphatic carbocycles. The van der Waals surface area contributed by atoms with E-state index in [4.69, 9.17) is 9.47 Å². The number of methoxy groups -OCH3 is 1. The zero-order valence-corrected chi connectivity index (χ0v) is 15.4. The molecule has 0 aliphatic rings. The van der Waals surface area contributed by atoms with Crippen LogP contribution >= 0.6 is 0 Å². The molecule has 1 N–H and O–H groups in total. The van der Waals surface area contributed by atoms with Gasteiger partial charge in [-0.05, 0) is 30.7 Å². The van der Waals surface area contributed by atoms with Crippen molar-refractivity contribution in [1.29, 1.82) is 0 Å². The van der Waals surface area contributed by atoms with Crippen LogP contribution in [-0.4, -0.2) is 36.0 Å². The van der Waals surface area contributed by atoms with Crippen molar-refractivity contribution < 1.29 is 27.4 Å². The molecule has 1 aromatic heterocycles. The number of amides is 1. The largest absolute Gasteiger partial charge is 0.491 e. The van der Waals surface area contributed by atoms with Gasteiger partial charge < -0.3 is 14.8 Å². The summed E-state index contributed by atoms with van der Waals surface area (Å²) in [6.07, 6.45) is -3.94. The fraction of sp³-hybridized carbons (Fsp3) is 0.389. The lowest BCUT2D eigenvalue weighted by Crippen LogP contribution is -2.27. The van der Waals surface area contributed by atoms with Crippen molar-refractivity contribution in [3.8, 4) is 5.75 Å². The minimum Gasteiger partial charge on any atom is -0.491 e. The number of alkyl halides is 3. The third kappa shape index (κ3) is 5.56. The summed E-state index contributed by atoms with van der Waals surface area (Å²) in [5, 5.41) is 6.30. The van der Waals surface area contributed by atoms with E-state index in [1.807, 2.05) is 6.92 Å². The summed E-state index contributed by atoms with van der Waals surface area (Å²) in [4.78, 5) is 24.2. The number of ether oxygens (including phenoxy) is 2. The summed E-state index contributed by atoms with van der Waals surface area (Å²) in [6.45, 7) is 2.45. The van der Waals surface area contributed by atoms with Crippen LogP contribution in [0.5, 0.6) is 5.75 Å². The van der Waals surface area contributed by atoms with E-state index in [0.29, 0.717) is 6.42 Å². The van der Waals surface area contributed by atoms with Crippen LogP contribution in [0.4, 0.5) is 18.9 Å². The van der Waals surface area contributed by atoms with E-state index in [1.54, 1.807) is 0 Å². The van der Waals surface area contributed by atoms with Gasteiger partial charge in [0.15, 0.2) is 0 Å². The van der Waals surface area contributed by atoms with Gasteiger partial charge in [0.05, 0.1) is 31.0 Å². The van der Waals surface area contributed by atoms with Crippen LogP contribution in [0.2, 0.25) is 0 Å². The van der Waals surface area contributed by atoms with E-state index in [0.717, 1.165) is 28.9 Å². The van der Waals surface area contributed by atoms with E-state index in [2.05, 4.69) is 10.4 Å². The molecule has 0 bridgehead atoms. The Morgan fingerprint density at radius 1 is 1.21 bits per heavy atom. The maximum absolute atomic E-state index is 13.0. The Morgan fingerprint density at radius 2 is 1.96 bits per heavy atom. The fourth-order valence-electron chi connectivity index (χ4n) is 2.24. The number of carbonyl (C=O) groups is 1. The topological polar surface area (TPSA) is 82.5 Å². The molecule has 0 saturated carbocycles. The van der Waals surface area contributed by atoms with Gasteiger partial charge in [0.25, 0.3) is 11.5 Å². The first kappa shape index (κ1) is 21.4. The van der Waals surface area contributed by atoms with Gasteiger partial charge in [-0.15, -0.1) is 0 Å². The van der Waals surface area contributed by atoms with Crippen LogP contribution in [0.15, 0.2) is 35.1 Å². The number of hydrogen-bond acceptors (Lipinski definition) is 5. The monoisotopic (exact) mass is 399 g/mol. The molecule has 0 spiro atoms. The number of halogens is 3. The van der Waals surface area contributed by atoms with Crippen LogP contribution in [-0.2, 0) is 17.5 Å². The second-order valence-electron chi connectivity index (χ2n) is 5.78. The minimum absolute atomic E-state index is 0.107. The highest BCUT2D eigenvalue weighted by Crippen LogP contribution is 2.35. The van der Waals surface area contributed by atoms with Gasteiger partial charge in [-0.2, -0.15) is 18.3 Å². The third-order valence-electron chi connectivity index (χ3n) is 3.62. The average molecular weight is 399 g/mol. The van der Waals surface area contributed by atoms with Crippen molar-refractivity contribution in [3.63, 3.8) is 0 Å². The van der Waals surface area contributed by atoms with E-state index < -0.39 is 23.2 Å². The second-order valence-corrected chi connectivity index (χ2v) is 5.78. The molecule has 152 valence electrons. The van der Waals surface area contributed by atoms with Crippen LogP contribution in [0.1, 0.15) is 29.4 Å². The molecule has 1 amide bonds. The number of nitrogens with one attached hydrogen (secondary N) is 1. The quantitative estimate of drug-likeness (QED) is 0.738.